The molecule has 0 bridgehead atoms. The van der Waals surface area contributed by atoms with Crippen LogP contribution in [0, 0.1) is 69.0 Å². The summed E-state index contributed by atoms with van der Waals surface area (Å²) in [6.45, 7) is 11.5. The highest BCUT2D eigenvalue weighted by Gasteiger charge is 2.66. The van der Waals surface area contributed by atoms with E-state index in [4.69, 9.17) is 29.8 Å². The van der Waals surface area contributed by atoms with Gasteiger partial charge in [0.2, 0.25) is 0 Å². The number of furan rings is 2. The Morgan fingerprint density at radius 2 is 1.03 bits per heavy atom. The van der Waals surface area contributed by atoms with E-state index < -0.39 is 11.9 Å². The molecule has 0 radical (unpaired) electrons. The van der Waals surface area contributed by atoms with Crippen molar-refractivity contribution in [2.24, 2.45) is 80.5 Å². The van der Waals surface area contributed by atoms with Crippen LogP contribution >= 0.6 is 23.5 Å². The lowest BCUT2D eigenvalue weighted by atomic mass is 9.44. The maximum absolute atomic E-state index is 14.7. The first-order chi connectivity index (χ1) is 30.9. The number of nitrogens with two attached hydrogens (primary N) is 2. The monoisotopic (exact) mass is 917 g/mol. The summed E-state index contributed by atoms with van der Waals surface area (Å²) in [4.78, 5) is 29.3. The third-order valence-corrected chi connectivity index (χ3v) is 24.1. The number of ether oxygens (including phenoxy) is 2. The molecule has 64 heavy (non-hydrogen) atoms. The molecule has 10 rings (SSSR count). The highest BCUT2D eigenvalue weighted by molar-refractivity contribution is 8.00. The zero-order valence-corrected chi connectivity index (χ0v) is 41.2. The van der Waals surface area contributed by atoms with Crippen molar-refractivity contribution < 1.29 is 27.9 Å². The van der Waals surface area contributed by atoms with Crippen LogP contribution in [-0.4, -0.2) is 59.2 Å². The minimum atomic E-state index is -0.748. The van der Waals surface area contributed by atoms with Crippen molar-refractivity contribution in [1.29, 1.82) is 0 Å². The van der Waals surface area contributed by atoms with Crippen molar-refractivity contribution >= 4 is 35.5 Å². The van der Waals surface area contributed by atoms with Crippen LogP contribution in [0.5, 0.6) is 0 Å². The average Bonchev–Trinajstić information content (AvgIpc) is 4.11. The molecule has 0 aromatic carbocycles. The number of rotatable bonds is 12. The van der Waals surface area contributed by atoms with Crippen molar-refractivity contribution in [2.45, 2.75) is 178 Å². The third-order valence-electron chi connectivity index (χ3n) is 21.3. The molecule has 0 amide bonds. The molecule has 4 N–H and O–H groups in total. The molecule has 2 aromatic heterocycles. The first kappa shape index (κ1) is 45.9. The third kappa shape index (κ3) is 7.61. The SMILES string of the molecule is C[C@]12C(CC[C@@H]3[C@H]1CC[C@]1(C)C(c4ccoc4)CC[C@@H]31)CC(SCCCN)CC2OC(=O)C(=O)OC1CC(SCCCN)CC2CC[C@@H]3[C@@H](CC[C@]4(C)C(c5ccoc5)CC[C@@H]34)[C@]21C. The van der Waals surface area contributed by atoms with E-state index in [0.29, 0.717) is 82.8 Å². The minimum Gasteiger partial charge on any atom is -0.472 e. The summed E-state index contributed by atoms with van der Waals surface area (Å²) in [5.74, 6) is 6.00. The quantitative estimate of drug-likeness (QED) is 0.121. The van der Waals surface area contributed by atoms with Gasteiger partial charge in [0, 0.05) is 21.3 Å². The second kappa shape index (κ2) is 18.2. The molecule has 0 saturated heterocycles. The zero-order chi connectivity index (χ0) is 44.4. The molecular formula is C54H80N2O6S2. The van der Waals surface area contributed by atoms with E-state index in [1.807, 2.05) is 48.6 Å². The van der Waals surface area contributed by atoms with E-state index in [-0.39, 0.29) is 33.9 Å². The Morgan fingerprint density at radius 1 is 0.594 bits per heavy atom. The number of thioether (sulfide) groups is 2. The van der Waals surface area contributed by atoms with Gasteiger partial charge in [-0.3, -0.25) is 0 Å². The van der Waals surface area contributed by atoms with Crippen LogP contribution in [-0.2, 0) is 19.1 Å². The molecule has 8 unspecified atom stereocenters. The Balaban J connectivity index is 0.894. The fraction of sp³-hybridized carbons (Fsp3) is 0.815. The van der Waals surface area contributed by atoms with Crippen LogP contribution < -0.4 is 11.5 Å². The van der Waals surface area contributed by atoms with Gasteiger partial charge in [-0.25, -0.2) is 9.59 Å². The fourth-order valence-electron chi connectivity index (χ4n) is 18.2. The van der Waals surface area contributed by atoms with Crippen LogP contribution in [0.1, 0.15) is 166 Å². The van der Waals surface area contributed by atoms with Gasteiger partial charge in [0.1, 0.15) is 12.2 Å². The maximum Gasteiger partial charge on any atom is 0.417 e. The normalized spacial score (nSPS) is 45.8. The van der Waals surface area contributed by atoms with Crippen molar-refractivity contribution in [3.8, 4) is 0 Å². The Bertz CT molecular complexity index is 1790. The number of esters is 2. The van der Waals surface area contributed by atoms with Crippen molar-refractivity contribution in [3.05, 3.63) is 48.3 Å². The lowest BCUT2D eigenvalue weighted by molar-refractivity contribution is -0.208. The van der Waals surface area contributed by atoms with E-state index in [0.717, 1.165) is 62.9 Å². The Kier molecular flexibility index (Phi) is 13.1. The predicted molar refractivity (Wildman–Crippen MR) is 257 cm³/mol. The van der Waals surface area contributed by atoms with Gasteiger partial charge in [-0.05, 0) is 233 Å². The van der Waals surface area contributed by atoms with Crippen molar-refractivity contribution in [3.63, 3.8) is 0 Å². The van der Waals surface area contributed by atoms with Gasteiger partial charge in [-0.15, -0.1) is 0 Å². The molecular weight excluding hydrogens is 837 g/mol. The predicted octanol–water partition coefficient (Wildman–Crippen LogP) is 11.8. The van der Waals surface area contributed by atoms with Crippen LogP contribution in [0.2, 0.25) is 0 Å². The first-order valence-electron chi connectivity index (χ1n) is 26.0. The Labute approximate surface area is 392 Å². The fourth-order valence-corrected chi connectivity index (χ4v) is 20.9. The second-order valence-electron chi connectivity index (χ2n) is 23.5. The maximum atomic E-state index is 14.7. The van der Waals surface area contributed by atoms with Gasteiger partial charge in [-0.2, -0.15) is 23.5 Å². The molecule has 2 heterocycles. The van der Waals surface area contributed by atoms with E-state index in [9.17, 15) is 9.59 Å². The molecule has 18 atom stereocenters. The molecule has 8 fully saturated rings. The number of carbonyl (C=O) groups excluding carboxylic acids is 2. The highest BCUT2D eigenvalue weighted by atomic mass is 32.2. The largest absolute Gasteiger partial charge is 0.472 e. The summed E-state index contributed by atoms with van der Waals surface area (Å²) in [7, 11) is 0. The number of hydrogen-bond donors (Lipinski definition) is 2. The van der Waals surface area contributed by atoms with E-state index in [1.54, 1.807) is 0 Å². The van der Waals surface area contributed by atoms with Gasteiger partial charge in [0.15, 0.2) is 0 Å². The molecule has 2 aromatic rings. The lowest BCUT2D eigenvalue weighted by Crippen LogP contribution is -2.61. The summed E-state index contributed by atoms with van der Waals surface area (Å²) in [5.41, 5.74) is 14.8. The molecule has 10 heteroatoms. The highest BCUT2D eigenvalue weighted by Crippen LogP contribution is 2.71. The minimum absolute atomic E-state index is 0.174. The number of fused-ring (bicyclic) bond motifs is 10. The molecule has 8 aliphatic carbocycles. The van der Waals surface area contributed by atoms with Gasteiger partial charge in [0.25, 0.3) is 0 Å². The summed E-state index contributed by atoms with van der Waals surface area (Å²) >= 11 is 4.02. The summed E-state index contributed by atoms with van der Waals surface area (Å²) in [5, 5.41) is 0.787. The zero-order valence-electron chi connectivity index (χ0n) is 39.5. The van der Waals surface area contributed by atoms with Crippen LogP contribution in [0.4, 0.5) is 0 Å². The second-order valence-corrected chi connectivity index (χ2v) is 26.3. The van der Waals surface area contributed by atoms with E-state index in [1.165, 1.54) is 75.3 Å². The molecule has 354 valence electrons. The summed E-state index contributed by atoms with van der Waals surface area (Å²) < 4.78 is 24.8. The van der Waals surface area contributed by atoms with Gasteiger partial charge in [0.05, 0.1) is 25.1 Å². The Hall–Kier alpha value is -1.88. The summed E-state index contributed by atoms with van der Waals surface area (Å²) in [6.07, 6.45) is 27.4. The van der Waals surface area contributed by atoms with Crippen LogP contribution in [0.15, 0.2) is 46.0 Å². The van der Waals surface area contributed by atoms with Gasteiger partial charge < -0.3 is 29.8 Å². The van der Waals surface area contributed by atoms with Gasteiger partial charge >= 0.3 is 11.9 Å². The topological polar surface area (TPSA) is 131 Å². The van der Waals surface area contributed by atoms with Gasteiger partial charge in [-0.1, -0.05) is 27.7 Å². The molecule has 8 nitrogen and oxygen atoms in total. The number of carbonyl (C=O) groups is 2. The number of hydrogen-bond acceptors (Lipinski definition) is 10. The standard InChI is InChI=1S/C54H80N2O6S2/c1-51-19-15-45-39(43(51)13-11-41(51)33-17-23-59-31-33)9-7-35-27-37(63-25-5-21-55)29-47(53(35,45)3)61-49(57)50(58)62-48-30-38(64-26-6-22-56)28-36-8-10-40-44-14-12-42(34-18-24-60-32-34)52(44,2)20-16-46(40)54(36,48)4/h17-18,23-24,31-32,35-48H,5-16,19-22,25-30,55-56H2,1-4H3/t35?,36?,37?,38?,39-,40-,41?,42?,43-,44-,45+,46+,47?,48?,51+,52+,53-,54-/m0/s1. The summed E-state index contributed by atoms with van der Waals surface area (Å²) in [6, 6.07) is 4.39. The Morgan fingerprint density at radius 3 is 1.42 bits per heavy atom. The molecule has 0 aliphatic heterocycles. The average molecular weight is 917 g/mol. The van der Waals surface area contributed by atoms with Crippen molar-refractivity contribution in [2.75, 3.05) is 24.6 Å². The molecule has 8 saturated carbocycles. The molecule has 0 spiro atoms. The van der Waals surface area contributed by atoms with E-state index in [2.05, 4.69) is 39.8 Å². The van der Waals surface area contributed by atoms with Crippen molar-refractivity contribution in [1.82, 2.24) is 0 Å². The van der Waals surface area contributed by atoms with Crippen LogP contribution in [0.3, 0.4) is 0 Å². The van der Waals surface area contributed by atoms with E-state index >= 15 is 0 Å². The van der Waals surface area contributed by atoms with Crippen LogP contribution in [0.25, 0.3) is 0 Å². The lowest BCUT2D eigenvalue weighted by Gasteiger charge is -2.63. The smallest absolute Gasteiger partial charge is 0.417 e. The first-order valence-corrected chi connectivity index (χ1v) is 28.1. The molecule has 8 aliphatic rings.